The molecule has 32 heavy (non-hydrogen) atoms. The molecule has 1 aromatic carbocycles. The lowest BCUT2D eigenvalue weighted by molar-refractivity contribution is -0.116. The van der Waals surface area contributed by atoms with Gasteiger partial charge in [-0.15, -0.1) is 0 Å². The summed E-state index contributed by atoms with van der Waals surface area (Å²) in [5, 5.41) is 3.60. The molecule has 3 aromatic heterocycles. The van der Waals surface area contributed by atoms with E-state index in [9.17, 15) is 14.4 Å². The first-order chi connectivity index (χ1) is 15.1. The highest BCUT2D eigenvalue weighted by Crippen LogP contribution is 2.30. The van der Waals surface area contributed by atoms with Crippen LogP contribution >= 0.6 is 23.2 Å². The zero-order valence-electron chi connectivity index (χ0n) is 17.7. The van der Waals surface area contributed by atoms with Gasteiger partial charge in [0.15, 0.2) is 11.2 Å². The summed E-state index contributed by atoms with van der Waals surface area (Å²) < 4.78 is 5.38. The second-order valence-corrected chi connectivity index (χ2v) is 8.17. The molecule has 0 unspecified atom stereocenters. The number of aromatic nitrogens is 6. The zero-order chi connectivity index (χ0) is 23.3. The molecular formula is C20H19Cl2N7O3. The van der Waals surface area contributed by atoms with Gasteiger partial charge >= 0.3 is 5.69 Å². The van der Waals surface area contributed by atoms with Gasteiger partial charge in [-0.05, 0) is 19.1 Å². The summed E-state index contributed by atoms with van der Waals surface area (Å²) in [6.07, 6.45) is 1.36. The predicted octanol–water partition coefficient (Wildman–Crippen LogP) is 2.09. The molecule has 10 nitrogen and oxygen atoms in total. The molecule has 0 saturated heterocycles. The maximum atomic E-state index is 12.8. The fraction of sp³-hybridized carbons (Fsp3) is 0.250. The van der Waals surface area contributed by atoms with Crippen molar-refractivity contribution in [1.29, 1.82) is 0 Å². The Bertz CT molecular complexity index is 1510. The number of fused-ring (bicyclic) bond motifs is 1. The molecule has 0 spiro atoms. The van der Waals surface area contributed by atoms with E-state index in [1.54, 1.807) is 29.8 Å². The van der Waals surface area contributed by atoms with E-state index in [-0.39, 0.29) is 17.7 Å². The average Bonchev–Trinajstić information content (AvgIpc) is 3.29. The number of benzene rings is 1. The van der Waals surface area contributed by atoms with Gasteiger partial charge in [0.2, 0.25) is 11.9 Å². The van der Waals surface area contributed by atoms with Crippen molar-refractivity contribution in [2.75, 3.05) is 5.32 Å². The summed E-state index contributed by atoms with van der Waals surface area (Å²) >= 11 is 12.1. The number of hydrogen-bond acceptors (Lipinski definition) is 5. The van der Waals surface area contributed by atoms with Crippen molar-refractivity contribution in [3.63, 3.8) is 0 Å². The number of rotatable bonds is 4. The minimum Gasteiger partial charge on any atom is -0.317 e. The quantitative estimate of drug-likeness (QED) is 0.485. The molecule has 1 N–H and O–H groups in total. The van der Waals surface area contributed by atoms with Crippen molar-refractivity contribution in [2.24, 2.45) is 21.1 Å². The highest BCUT2D eigenvalue weighted by atomic mass is 35.5. The molecule has 0 aliphatic carbocycles. The van der Waals surface area contributed by atoms with Crippen LogP contribution in [-0.4, -0.2) is 34.1 Å². The Kier molecular flexibility index (Phi) is 5.43. The number of imidazole rings is 2. The van der Waals surface area contributed by atoms with Gasteiger partial charge in [0.05, 0.1) is 22.1 Å². The lowest BCUT2D eigenvalue weighted by atomic mass is 10.1. The third kappa shape index (κ3) is 3.51. The van der Waals surface area contributed by atoms with E-state index in [4.69, 9.17) is 23.2 Å². The minimum absolute atomic E-state index is 0.164. The van der Waals surface area contributed by atoms with Gasteiger partial charge in [0, 0.05) is 32.4 Å². The Morgan fingerprint density at radius 3 is 2.47 bits per heavy atom. The molecule has 166 valence electrons. The monoisotopic (exact) mass is 475 g/mol. The van der Waals surface area contributed by atoms with Crippen LogP contribution in [0.2, 0.25) is 10.0 Å². The van der Waals surface area contributed by atoms with Crippen molar-refractivity contribution < 1.29 is 4.79 Å². The van der Waals surface area contributed by atoms with Crippen LogP contribution in [0.5, 0.6) is 0 Å². The fourth-order valence-electron chi connectivity index (χ4n) is 3.44. The van der Waals surface area contributed by atoms with Crippen LogP contribution in [0.15, 0.2) is 34.1 Å². The van der Waals surface area contributed by atoms with Gasteiger partial charge in [-0.3, -0.25) is 24.0 Å². The predicted molar refractivity (Wildman–Crippen MR) is 122 cm³/mol. The molecule has 0 atom stereocenters. The summed E-state index contributed by atoms with van der Waals surface area (Å²) in [5.74, 6) is -0.0766. The molecule has 1 amide bonds. The maximum absolute atomic E-state index is 12.8. The first kappa shape index (κ1) is 21.8. The van der Waals surface area contributed by atoms with Gasteiger partial charge in [-0.1, -0.05) is 29.3 Å². The summed E-state index contributed by atoms with van der Waals surface area (Å²) in [6, 6.07) is 5.19. The van der Waals surface area contributed by atoms with Crippen LogP contribution < -0.4 is 16.6 Å². The normalized spacial score (nSPS) is 11.3. The number of aryl methyl sites for hydroxylation is 1. The third-order valence-corrected chi connectivity index (χ3v) is 6.10. The van der Waals surface area contributed by atoms with Gasteiger partial charge in [-0.2, -0.15) is 0 Å². The molecule has 0 bridgehead atoms. The molecule has 0 saturated carbocycles. The second kappa shape index (κ2) is 7.95. The third-order valence-electron chi connectivity index (χ3n) is 5.36. The molecule has 0 fully saturated rings. The SMILES string of the molecule is Cc1c(-c2ccc(Cl)c(Cl)c2)nc(NC(=O)Cn2cnc3c2c(=O)n(C)c(=O)n3C)n1C. The number of nitrogens with one attached hydrogen (secondary N) is 1. The highest BCUT2D eigenvalue weighted by molar-refractivity contribution is 6.42. The Balaban J connectivity index is 1.64. The fourth-order valence-corrected chi connectivity index (χ4v) is 3.74. The number of hydrogen-bond donors (Lipinski definition) is 1. The Labute approximate surface area is 191 Å². The summed E-state index contributed by atoms with van der Waals surface area (Å²) in [7, 11) is 4.67. The zero-order valence-corrected chi connectivity index (χ0v) is 19.2. The van der Waals surface area contributed by atoms with Crippen LogP contribution in [0.4, 0.5) is 5.95 Å². The first-order valence-corrected chi connectivity index (χ1v) is 10.2. The van der Waals surface area contributed by atoms with Gasteiger partial charge in [0.1, 0.15) is 6.54 Å². The minimum atomic E-state index is -0.525. The molecule has 4 aromatic rings. The summed E-state index contributed by atoms with van der Waals surface area (Å²) in [5.41, 5.74) is 1.59. The van der Waals surface area contributed by atoms with Gasteiger partial charge in [0.25, 0.3) is 5.56 Å². The van der Waals surface area contributed by atoms with Crippen LogP contribution in [0.3, 0.4) is 0 Å². The molecular weight excluding hydrogens is 457 g/mol. The van der Waals surface area contributed by atoms with Crippen molar-refractivity contribution >= 4 is 46.2 Å². The van der Waals surface area contributed by atoms with Crippen molar-refractivity contribution in [2.45, 2.75) is 13.5 Å². The molecule has 0 radical (unpaired) electrons. The van der Waals surface area contributed by atoms with Crippen LogP contribution in [0, 0.1) is 6.92 Å². The lowest BCUT2D eigenvalue weighted by Gasteiger charge is -2.08. The number of carbonyl (C=O) groups is 1. The van der Waals surface area contributed by atoms with E-state index in [0.717, 1.165) is 15.8 Å². The summed E-state index contributed by atoms with van der Waals surface area (Å²) in [4.78, 5) is 46.0. The van der Waals surface area contributed by atoms with Gasteiger partial charge < -0.3 is 9.13 Å². The average molecular weight is 476 g/mol. The lowest BCUT2D eigenvalue weighted by Crippen LogP contribution is -2.37. The topological polar surface area (TPSA) is 109 Å². The Morgan fingerprint density at radius 2 is 1.78 bits per heavy atom. The molecule has 3 heterocycles. The van der Waals surface area contributed by atoms with E-state index < -0.39 is 17.2 Å². The molecule has 4 rings (SSSR count). The number of amides is 1. The Hall–Kier alpha value is -3.37. The van der Waals surface area contributed by atoms with Gasteiger partial charge in [-0.25, -0.2) is 14.8 Å². The van der Waals surface area contributed by atoms with Crippen LogP contribution in [0.25, 0.3) is 22.4 Å². The van der Waals surface area contributed by atoms with E-state index in [0.29, 0.717) is 21.7 Å². The number of anilines is 1. The number of nitrogens with zero attached hydrogens (tertiary/aromatic N) is 6. The van der Waals surface area contributed by atoms with Crippen LogP contribution in [-0.2, 0) is 32.5 Å². The standard InChI is InChI=1S/C20H19Cl2N7O3/c1-10-15(11-5-6-12(21)13(22)7-11)25-19(26(10)2)24-14(30)8-29-9-23-17-16(29)18(31)28(4)20(32)27(17)3/h5-7,9H,8H2,1-4H3,(H,24,25,30). The number of carbonyl (C=O) groups excluding carboxylic acids is 1. The van der Waals surface area contributed by atoms with Crippen molar-refractivity contribution in [3.05, 3.63) is 61.1 Å². The van der Waals surface area contributed by atoms with E-state index in [1.807, 2.05) is 6.92 Å². The van der Waals surface area contributed by atoms with E-state index in [1.165, 1.54) is 29.6 Å². The smallest absolute Gasteiger partial charge is 0.317 e. The molecule has 12 heteroatoms. The number of halogens is 2. The highest BCUT2D eigenvalue weighted by Gasteiger charge is 2.19. The largest absolute Gasteiger partial charge is 0.332 e. The molecule has 0 aliphatic rings. The van der Waals surface area contributed by atoms with E-state index >= 15 is 0 Å². The maximum Gasteiger partial charge on any atom is 0.332 e. The first-order valence-electron chi connectivity index (χ1n) is 9.49. The van der Waals surface area contributed by atoms with Crippen LogP contribution in [0.1, 0.15) is 5.69 Å². The van der Waals surface area contributed by atoms with Crippen molar-refractivity contribution in [3.8, 4) is 11.3 Å². The second-order valence-electron chi connectivity index (χ2n) is 7.36. The summed E-state index contributed by atoms with van der Waals surface area (Å²) in [6.45, 7) is 1.69. The Morgan fingerprint density at radius 1 is 1.06 bits per heavy atom. The van der Waals surface area contributed by atoms with E-state index in [2.05, 4.69) is 15.3 Å². The molecule has 0 aliphatic heterocycles. The van der Waals surface area contributed by atoms with Crippen molar-refractivity contribution in [1.82, 2.24) is 28.2 Å².